The highest BCUT2D eigenvalue weighted by molar-refractivity contribution is 6.31. The van der Waals surface area contributed by atoms with Gasteiger partial charge in [0, 0.05) is 51.6 Å². The zero-order valence-corrected chi connectivity index (χ0v) is 18.2. The second-order valence-electron chi connectivity index (χ2n) is 7.38. The van der Waals surface area contributed by atoms with Gasteiger partial charge in [-0.3, -0.25) is 9.59 Å². The Hall–Kier alpha value is -2.87. The summed E-state index contributed by atoms with van der Waals surface area (Å²) >= 11 is 6.08. The standard InChI is InChI=1S/C21H26ClN5O3/c1-25(2)21-23-13-15(14-24-21)19(28)27-9-5-4-8-26(3)20(29)17-12-16(22)6-7-18(17)30-11-10-27/h6-7,12-14H,4-5,8-11H2,1-3H3. The van der Waals surface area contributed by atoms with E-state index in [2.05, 4.69) is 9.97 Å². The maximum atomic E-state index is 13.0. The van der Waals surface area contributed by atoms with Crippen LogP contribution in [0, 0.1) is 0 Å². The highest BCUT2D eigenvalue weighted by Crippen LogP contribution is 2.25. The van der Waals surface area contributed by atoms with E-state index in [0.717, 1.165) is 12.8 Å². The number of carbonyl (C=O) groups is 2. The number of ether oxygens (including phenoxy) is 1. The summed E-state index contributed by atoms with van der Waals surface area (Å²) < 4.78 is 5.86. The van der Waals surface area contributed by atoms with E-state index in [0.29, 0.717) is 47.5 Å². The molecule has 3 rings (SSSR count). The number of amides is 2. The fraction of sp³-hybridized carbons (Fsp3) is 0.429. The van der Waals surface area contributed by atoms with Crippen molar-refractivity contribution in [3.63, 3.8) is 0 Å². The Labute approximate surface area is 181 Å². The molecule has 1 aromatic carbocycles. The molecule has 2 heterocycles. The molecular formula is C21H26ClN5O3. The molecule has 0 fully saturated rings. The Bertz CT molecular complexity index is 904. The van der Waals surface area contributed by atoms with Crippen molar-refractivity contribution in [2.24, 2.45) is 0 Å². The lowest BCUT2D eigenvalue weighted by Crippen LogP contribution is -2.37. The van der Waals surface area contributed by atoms with Gasteiger partial charge in [-0.05, 0) is 31.0 Å². The number of halogens is 1. The van der Waals surface area contributed by atoms with Crippen molar-refractivity contribution in [2.45, 2.75) is 12.8 Å². The van der Waals surface area contributed by atoms with E-state index in [4.69, 9.17) is 16.3 Å². The van der Waals surface area contributed by atoms with Crippen molar-refractivity contribution >= 4 is 29.4 Å². The molecule has 0 unspecified atom stereocenters. The summed E-state index contributed by atoms with van der Waals surface area (Å²) in [6, 6.07) is 5.00. The fourth-order valence-corrected chi connectivity index (χ4v) is 3.35. The molecule has 160 valence electrons. The molecule has 8 nitrogen and oxygen atoms in total. The highest BCUT2D eigenvalue weighted by atomic mass is 35.5. The van der Waals surface area contributed by atoms with E-state index in [1.165, 1.54) is 0 Å². The number of fused-ring (bicyclic) bond motifs is 1. The van der Waals surface area contributed by atoms with Gasteiger partial charge >= 0.3 is 0 Å². The van der Waals surface area contributed by atoms with Gasteiger partial charge in [-0.25, -0.2) is 9.97 Å². The molecule has 1 aliphatic rings. The summed E-state index contributed by atoms with van der Waals surface area (Å²) in [4.78, 5) is 39.4. The van der Waals surface area contributed by atoms with Crippen LogP contribution in [0.15, 0.2) is 30.6 Å². The summed E-state index contributed by atoms with van der Waals surface area (Å²) in [7, 11) is 5.44. The van der Waals surface area contributed by atoms with Crippen molar-refractivity contribution in [2.75, 3.05) is 52.3 Å². The molecule has 30 heavy (non-hydrogen) atoms. The molecule has 0 N–H and O–H groups in total. The topological polar surface area (TPSA) is 78.9 Å². The van der Waals surface area contributed by atoms with Crippen LogP contribution >= 0.6 is 11.6 Å². The number of hydrogen-bond acceptors (Lipinski definition) is 6. The van der Waals surface area contributed by atoms with Crippen LogP contribution in [0.1, 0.15) is 33.6 Å². The monoisotopic (exact) mass is 431 g/mol. The number of rotatable bonds is 2. The van der Waals surface area contributed by atoms with E-state index in [9.17, 15) is 9.59 Å². The van der Waals surface area contributed by atoms with Crippen LogP contribution in [0.4, 0.5) is 5.95 Å². The van der Waals surface area contributed by atoms with Crippen LogP contribution in [0.2, 0.25) is 5.02 Å². The Morgan fingerprint density at radius 3 is 2.53 bits per heavy atom. The minimum atomic E-state index is -0.137. The van der Waals surface area contributed by atoms with E-state index < -0.39 is 0 Å². The average molecular weight is 432 g/mol. The number of nitrogens with zero attached hydrogens (tertiary/aromatic N) is 5. The second-order valence-corrected chi connectivity index (χ2v) is 7.82. The molecule has 2 amide bonds. The van der Waals surface area contributed by atoms with Crippen molar-refractivity contribution in [1.82, 2.24) is 19.8 Å². The third-order valence-corrected chi connectivity index (χ3v) is 5.12. The highest BCUT2D eigenvalue weighted by Gasteiger charge is 2.21. The molecule has 0 radical (unpaired) electrons. The van der Waals surface area contributed by atoms with Gasteiger partial charge in [0.15, 0.2) is 0 Å². The van der Waals surface area contributed by atoms with Gasteiger partial charge in [0.05, 0.1) is 17.7 Å². The number of aromatic nitrogens is 2. The maximum absolute atomic E-state index is 13.0. The molecule has 0 aliphatic carbocycles. The molecule has 0 saturated heterocycles. The van der Waals surface area contributed by atoms with E-state index in [1.54, 1.807) is 52.3 Å². The summed E-state index contributed by atoms with van der Waals surface area (Å²) in [6.07, 6.45) is 4.64. The van der Waals surface area contributed by atoms with Crippen LogP contribution in [0.3, 0.4) is 0 Å². The zero-order chi connectivity index (χ0) is 21.7. The minimum absolute atomic E-state index is 0.126. The van der Waals surface area contributed by atoms with Gasteiger partial charge in [0.25, 0.3) is 11.8 Å². The van der Waals surface area contributed by atoms with Crippen LogP contribution in [-0.4, -0.2) is 79.0 Å². The summed E-state index contributed by atoms with van der Waals surface area (Å²) in [5, 5.41) is 0.476. The third kappa shape index (κ3) is 5.18. The van der Waals surface area contributed by atoms with Gasteiger partial charge in [-0.2, -0.15) is 0 Å². The molecule has 0 atom stereocenters. The minimum Gasteiger partial charge on any atom is -0.491 e. The van der Waals surface area contributed by atoms with Gasteiger partial charge in [-0.15, -0.1) is 0 Å². The molecule has 1 aromatic heterocycles. The third-order valence-electron chi connectivity index (χ3n) is 4.88. The van der Waals surface area contributed by atoms with Crippen molar-refractivity contribution in [3.8, 4) is 5.75 Å². The van der Waals surface area contributed by atoms with Crippen LogP contribution in [-0.2, 0) is 0 Å². The SMILES string of the molecule is CN1CCCCN(C(=O)c2cnc(N(C)C)nc2)CCOc2ccc(Cl)cc2C1=O. The van der Waals surface area contributed by atoms with Gasteiger partial charge in [0.1, 0.15) is 12.4 Å². The van der Waals surface area contributed by atoms with E-state index >= 15 is 0 Å². The molecular weight excluding hydrogens is 406 g/mol. The second kappa shape index (κ2) is 9.75. The normalized spacial score (nSPS) is 15.5. The number of anilines is 1. The number of hydrogen-bond donors (Lipinski definition) is 0. The van der Waals surface area contributed by atoms with Crippen molar-refractivity contribution < 1.29 is 14.3 Å². The zero-order valence-electron chi connectivity index (χ0n) is 17.5. The van der Waals surface area contributed by atoms with Crippen LogP contribution < -0.4 is 9.64 Å². The summed E-state index contributed by atoms with van der Waals surface area (Å²) in [5.74, 6) is 0.746. The molecule has 2 aromatic rings. The largest absolute Gasteiger partial charge is 0.491 e. The van der Waals surface area contributed by atoms with Crippen molar-refractivity contribution in [3.05, 3.63) is 46.7 Å². The smallest absolute Gasteiger partial charge is 0.257 e. The Morgan fingerprint density at radius 1 is 1.13 bits per heavy atom. The maximum Gasteiger partial charge on any atom is 0.257 e. The van der Waals surface area contributed by atoms with Crippen LogP contribution in [0.25, 0.3) is 0 Å². The Balaban J connectivity index is 1.78. The quantitative estimate of drug-likeness (QED) is 0.727. The van der Waals surface area contributed by atoms with Gasteiger partial charge in [0.2, 0.25) is 5.95 Å². The van der Waals surface area contributed by atoms with E-state index in [1.807, 2.05) is 14.1 Å². The molecule has 0 saturated carbocycles. The van der Waals surface area contributed by atoms with Gasteiger partial charge < -0.3 is 19.4 Å². The molecule has 0 spiro atoms. The summed E-state index contributed by atoms with van der Waals surface area (Å²) in [5.41, 5.74) is 0.864. The predicted octanol–water partition coefficient (Wildman–Crippen LogP) is 2.58. The molecule has 9 heteroatoms. The Kier molecular flexibility index (Phi) is 7.10. The first-order valence-corrected chi connectivity index (χ1v) is 10.2. The fourth-order valence-electron chi connectivity index (χ4n) is 3.18. The average Bonchev–Trinajstić information content (AvgIpc) is 2.74. The van der Waals surface area contributed by atoms with Crippen LogP contribution in [0.5, 0.6) is 5.75 Å². The molecule has 1 aliphatic heterocycles. The lowest BCUT2D eigenvalue weighted by molar-refractivity contribution is 0.0703. The van der Waals surface area contributed by atoms with E-state index in [-0.39, 0.29) is 18.4 Å². The molecule has 0 bridgehead atoms. The first-order valence-electron chi connectivity index (χ1n) is 9.83. The number of benzene rings is 1. The first kappa shape index (κ1) is 21.8. The Morgan fingerprint density at radius 2 is 1.83 bits per heavy atom. The first-order chi connectivity index (χ1) is 14.4. The summed E-state index contributed by atoms with van der Waals surface area (Å²) in [6.45, 7) is 1.79. The lowest BCUT2D eigenvalue weighted by Gasteiger charge is -2.26. The predicted molar refractivity (Wildman–Crippen MR) is 115 cm³/mol. The lowest BCUT2D eigenvalue weighted by atomic mass is 10.1. The van der Waals surface area contributed by atoms with Crippen molar-refractivity contribution in [1.29, 1.82) is 0 Å². The number of carbonyl (C=O) groups excluding carboxylic acids is 2. The van der Waals surface area contributed by atoms with Gasteiger partial charge in [-0.1, -0.05) is 11.6 Å².